The van der Waals surface area contributed by atoms with Gasteiger partial charge in [-0.3, -0.25) is 4.79 Å². The van der Waals surface area contributed by atoms with Gasteiger partial charge in [0.15, 0.2) is 5.66 Å². The Morgan fingerprint density at radius 2 is 1.09 bits per heavy atom. The van der Waals surface area contributed by atoms with Gasteiger partial charge in [0.25, 0.3) is 5.91 Å². The lowest BCUT2D eigenvalue weighted by atomic mass is 10.3. The van der Waals surface area contributed by atoms with Crippen molar-refractivity contribution >= 4 is 34.8 Å². The van der Waals surface area contributed by atoms with E-state index in [0.717, 1.165) is 0 Å². The summed E-state index contributed by atoms with van der Waals surface area (Å²) in [6.45, 7) is 0.513. The summed E-state index contributed by atoms with van der Waals surface area (Å²) in [7, 11) is -2.34. The van der Waals surface area contributed by atoms with Crippen LogP contribution in [0.25, 0.3) is 0 Å². The van der Waals surface area contributed by atoms with E-state index >= 15 is 0 Å². The second kappa shape index (κ2) is 9.99. The lowest BCUT2D eigenvalue weighted by Gasteiger charge is -2.32. The molecule has 166 valence electrons. The van der Waals surface area contributed by atoms with Crippen LogP contribution in [0.2, 0.25) is 0 Å². The highest BCUT2D eigenvalue weighted by atomic mass is 79.9. The number of benzene rings is 4. The highest BCUT2D eigenvalue weighted by Crippen LogP contribution is 2.62. The Balaban J connectivity index is 0.00000259. The van der Waals surface area contributed by atoms with Crippen LogP contribution in [-0.2, 0) is 4.79 Å². The maximum Gasteiger partial charge on any atom is 0.269 e. The molecule has 2 nitrogen and oxygen atoms in total. The molecule has 4 aromatic rings. The van der Waals surface area contributed by atoms with Crippen molar-refractivity contribution in [2.24, 2.45) is 0 Å². The van der Waals surface area contributed by atoms with Crippen LogP contribution >= 0.6 is 7.26 Å². The van der Waals surface area contributed by atoms with Crippen LogP contribution in [-0.4, -0.2) is 18.1 Å². The zero-order chi connectivity index (χ0) is 22.0. The van der Waals surface area contributed by atoms with Gasteiger partial charge in [0, 0.05) is 13.0 Å². The van der Waals surface area contributed by atoms with Crippen molar-refractivity contribution in [3.8, 4) is 0 Å². The number of para-hydroxylation sites is 1. The zero-order valence-electron chi connectivity index (χ0n) is 18.0. The molecular weight excluding hydrogens is 496 g/mol. The number of nitrogens with zero attached hydrogens (tertiary/aromatic N) is 1. The van der Waals surface area contributed by atoms with Gasteiger partial charge in [-0.05, 0) is 48.5 Å². The predicted octanol–water partition coefficient (Wildman–Crippen LogP) is 1.93. The fraction of sp³-hybridized carbons (Fsp3) is 0.107. The molecule has 0 aromatic heterocycles. The SMILES string of the molecule is O=C1C([P+](c2ccccc2)(c2ccccc2)c2ccccc2)CCN1c1ccccc1F.[Br-]. The Bertz CT molecular complexity index is 1120. The summed E-state index contributed by atoms with van der Waals surface area (Å²) in [6, 6.07) is 37.7. The first kappa shape index (κ1) is 23.4. The van der Waals surface area contributed by atoms with Crippen LogP contribution in [0.4, 0.5) is 10.1 Å². The lowest BCUT2D eigenvalue weighted by molar-refractivity contribution is -0.116. The van der Waals surface area contributed by atoms with Crippen molar-refractivity contribution in [1.82, 2.24) is 0 Å². The first-order chi connectivity index (χ1) is 15.7. The Kier molecular flexibility index (Phi) is 7.07. The smallest absolute Gasteiger partial charge is 0.269 e. The molecule has 4 aromatic carbocycles. The molecule has 0 radical (unpaired) electrons. The summed E-state index contributed by atoms with van der Waals surface area (Å²) >= 11 is 0. The lowest BCUT2D eigenvalue weighted by Crippen LogP contribution is -3.00. The van der Waals surface area contributed by atoms with Gasteiger partial charge < -0.3 is 21.9 Å². The first-order valence-corrected chi connectivity index (χ1v) is 12.7. The van der Waals surface area contributed by atoms with Crippen LogP contribution in [0.5, 0.6) is 0 Å². The minimum Gasteiger partial charge on any atom is -1.00 e. The Hall–Kier alpha value is -2.81. The van der Waals surface area contributed by atoms with Crippen molar-refractivity contribution in [2.75, 3.05) is 11.4 Å². The fourth-order valence-corrected chi connectivity index (χ4v) is 9.79. The molecule has 0 spiro atoms. The maximum atomic E-state index is 14.6. The second-order valence-corrected chi connectivity index (χ2v) is 11.6. The van der Waals surface area contributed by atoms with Crippen LogP contribution in [0.3, 0.4) is 0 Å². The van der Waals surface area contributed by atoms with Gasteiger partial charge in [-0.2, -0.15) is 0 Å². The summed E-state index contributed by atoms with van der Waals surface area (Å²) in [5, 5.41) is 3.52. The van der Waals surface area contributed by atoms with E-state index in [9.17, 15) is 9.18 Å². The molecule has 1 amide bonds. The summed E-state index contributed by atoms with van der Waals surface area (Å²) in [5.74, 6) is -0.357. The third kappa shape index (κ3) is 4.03. The number of carbonyl (C=O) groups excluding carboxylic acids is 1. The van der Waals surface area contributed by atoms with E-state index in [4.69, 9.17) is 0 Å². The van der Waals surface area contributed by atoms with E-state index in [0.29, 0.717) is 18.7 Å². The maximum absolute atomic E-state index is 14.6. The number of carbonyl (C=O) groups is 1. The molecule has 33 heavy (non-hydrogen) atoms. The van der Waals surface area contributed by atoms with E-state index < -0.39 is 7.26 Å². The molecule has 0 N–H and O–H groups in total. The number of rotatable bonds is 5. The van der Waals surface area contributed by atoms with Crippen LogP contribution < -0.4 is 37.8 Å². The number of halogens is 2. The van der Waals surface area contributed by atoms with Crippen molar-refractivity contribution in [1.29, 1.82) is 0 Å². The molecule has 5 heteroatoms. The van der Waals surface area contributed by atoms with Crippen molar-refractivity contribution < 1.29 is 26.2 Å². The average molecular weight is 520 g/mol. The van der Waals surface area contributed by atoms with Gasteiger partial charge >= 0.3 is 0 Å². The quantitative estimate of drug-likeness (QED) is 0.369. The molecule has 1 aliphatic rings. The summed E-state index contributed by atoms with van der Waals surface area (Å²) in [6.07, 6.45) is 0.680. The molecule has 1 atom stereocenters. The van der Waals surface area contributed by atoms with Crippen molar-refractivity contribution in [3.05, 3.63) is 121 Å². The molecule has 1 unspecified atom stereocenters. The summed E-state index contributed by atoms with van der Waals surface area (Å²) in [4.78, 5) is 15.7. The van der Waals surface area contributed by atoms with Gasteiger partial charge in [0.2, 0.25) is 0 Å². The largest absolute Gasteiger partial charge is 1.00 e. The van der Waals surface area contributed by atoms with E-state index in [1.807, 2.05) is 54.6 Å². The third-order valence-corrected chi connectivity index (χ3v) is 11.0. The topological polar surface area (TPSA) is 20.3 Å². The molecule has 0 saturated carbocycles. The molecule has 1 saturated heterocycles. The Labute approximate surface area is 205 Å². The van der Waals surface area contributed by atoms with Crippen LogP contribution in [0.15, 0.2) is 115 Å². The Morgan fingerprint density at radius 1 is 0.667 bits per heavy atom. The highest BCUT2D eigenvalue weighted by molar-refractivity contribution is 7.97. The van der Waals surface area contributed by atoms with Gasteiger partial charge in [0.05, 0.1) is 5.69 Å². The predicted molar refractivity (Wildman–Crippen MR) is 132 cm³/mol. The fourth-order valence-electron chi connectivity index (χ4n) is 4.91. The Morgan fingerprint density at radius 3 is 1.55 bits per heavy atom. The van der Waals surface area contributed by atoms with Gasteiger partial charge in [-0.1, -0.05) is 66.7 Å². The molecule has 5 rings (SSSR count). The summed E-state index contributed by atoms with van der Waals surface area (Å²) < 4.78 is 14.6. The van der Waals surface area contributed by atoms with Gasteiger partial charge in [-0.25, -0.2) is 4.39 Å². The number of amides is 1. The molecule has 1 heterocycles. The minimum atomic E-state index is -2.34. The van der Waals surface area contributed by atoms with Crippen molar-refractivity contribution in [3.63, 3.8) is 0 Å². The standard InChI is InChI=1S/C28H24FNOP.BrH/c29-25-18-10-11-19-26(25)30-21-20-27(28(30)31)32(22-12-4-1-5-13-22,23-14-6-2-7-15-23)24-16-8-3-9-17-24;/h1-19,27H,20-21H2;1H/q+1;/p-1. The third-order valence-electron chi connectivity index (χ3n) is 6.28. The van der Waals surface area contributed by atoms with E-state index in [2.05, 4.69) is 36.4 Å². The van der Waals surface area contributed by atoms with E-state index in [1.165, 1.54) is 22.0 Å². The molecule has 0 bridgehead atoms. The minimum absolute atomic E-state index is 0. The van der Waals surface area contributed by atoms with E-state index in [1.54, 1.807) is 23.1 Å². The first-order valence-electron chi connectivity index (χ1n) is 10.8. The van der Waals surface area contributed by atoms with E-state index in [-0.39, 0.29) is 34.4 Å². The van der Waals surface area contributed by atoms with Gasteiger partial charge in [-0.15, -0.1) is 0 Å². The molecule has 1 aliphatic heterocycles. The normalized spacial score (nSPS) is 15.8. The average Bonchev–Trinajstić information content (AvgIpc) is 3.23. The number of hydrogen-bond donors (Lipinski definition) is 0. The van der Waals surface area contributed by atoms with Crippen LogP contribution in [0, 0.1) is 5.82 Å². The second-order valence-electron chi connectivity index (χ2n) is 7.98. The molecule has 0 aliphatic carbocycles. The van der Waals surface area contributed by atoms with Crippen molar-refractivity contribution in [2.45, 2.75) is 12.1 Å². The monoisotopic (exact) mass is 519 g/mol. The zero-order valence-corrected chi connectivity index (χ0v) is 20.5. The van der Waals surface area contributed by atoms with Gasteiger partial charge in [0.1, 0.15) is 29.0 Å². The number of anilines is 1. The van der Waals surface area contributed by atoms with Crippen LogP contribution in [0.1, 0.15) is 6.42 Å². The molecular formula is C28H24BrFNOP. The highest BCUT2D eigenvalue weighted by Gasteiger charge is 2.58. The summed E-state index contributed by atoms with van der Waals surface area (Å²) in [5.41, 5.74) is 0.113. The number of hydrogen-bond acceptors (Lipinski definition) is 1. The molecule has 1 fully saturated rings.